The molecule has 0 saturated carbocycles. The monoisotopic (exact) mass is 450 g/mol. The van der Waals surface area contributed by atoms with Crippen LogP contribution in [0.5, 0.6) is 5.75 Å². The maximum absolute atomic E-state index is 12.5. The summed E-state index contributed by atoms with van der Waals surface area (Å²) in [6, 6.07) is 21.5. The van der Waals surface area contributed by atoms with Gasteiger partial charge in [0.15, 0.2) is 0 Å². The highest BCUT2D eigenvalue weighted by molar-refractivity contribution is 7.89. The van der Waals surface area contributed by atoms with Gasteiger partial charge in [-0.3, -0.25) is 4.79 Å². The van der Waals surface area contributed by atoms with Crippen molar-refractivity contribution in [1.82, 2.24) is 4.72 Å². The van der Waals surface area contributed by atoms with E-state index in [1.807, 2.05) is 24.3 Å². The number of ether oxygens (including phenoxy) is 2. The molecule has 0 bridgehead atoms. The Morgan fingerprint density at radius 1 is 1.03 bits per heavy atom. The van der Waals surface area contributed by atoms with E-state index in [1.54, 1.807) is 24.3 Å². The highest BCUT2D eigenvalue weighted by Crippen LogP contribution is 2.23. The van der Waals surface area contributed by atoms with Crippen molar-refractivity contribution in [2.24, 2.45) is 0 Å². The van der Waals surface area contributed by atoms with Gasteiger partial charge in [-0.2, -0.15) is 9.98 Å². The van der Waals surface area contributed by atoms with Crippen LogP contribution in [0.1, 0.15) is 18.1 Å². The van der Waals surface area contributed by atoms with E-state index in [9.17, 15) is 18.5 Å². The van der Waals surface area contributed by atoms with Crippen LogP contribution in [0.15, 0.2) is 77.7 Å². The van der Waals surface area contributed by atoms with Crippen LogP contribution >= 0.6 is 0 Å². The quantitative estimate of drug-likeness (QED) is 0.525. The zero-order valence-electron chi connectivity index (χ0n) is 17.6. The number of benzene rings is 3. The Kier molecular flexibility index (Phi) is 7.25. The Balaban J connectivity index is 1.59. The third-order valence-corrected chi connectivity index (χ3v) is 6.31. The summed E-state index contributed by atoms with van der Waals surface area (Å²) in [5.74, 6) is -0.167. The molecule has 0 radical (unpaired) electrons. The fourth-order valence-electron chi connectivity index (χ4n) is 3.00. The van der Waals surface area contributed by atoms with E-state index >= 15 is 0 Å². The second kappa shape index (κ2) is 10.1. The summed E-state index contributed by atoms with van der Waals surface area (Å²) < 4.78 is 37.5. The summed E-state index contributed by atoms with van der Waals surface area (Å²) in [4.78, 5) is 12.3. The van der Waals surface area contributed by atoms with Gasteiger partial charge in [-0.15, -0.1) is 0 Å². The molecule has 164 valence electrons. The van der Waals surface area contributed by atoms with Gasteiger partial charge in [-0.05, 0) is 53.9 Å². The Morgan fingerprint density at radius 3 is 2.31 bits per heavy atom. The van der Waals surface area contributed by atoms with Crippen molar-refractivity contribution in [2.45, 2.75) is 24.5 Å². The molecular formula is C24H22N2O5S. The first-order valence-corrected chi connectivity index (χ1v) is 11.2. The molecule has 3 aromatic rings. The van der Waals surface area contributed by atoms with Gasteiger partial charge in [-0.1, -0.05) is 42.5 Å². The van der Waals surface area contributed by atoms with Crippen LogP contribution in [0.25, 0.3) is 11.1 Å². The smallest absolute Gasteiger partial charge is 0.324 e. The summed E-state index contributed by atoms with van der Waals surface area (Å²) in [6.07, 6.45) is 0. The molecular weight excluding hydrogens is 428 g/mol. The van der Waals surface area contributed by atoms with Gasteiger partial charge in [0, 0.05) is 0 Å². The van der Waals surface area contributed by atoms with Crippen molar-refractivity contribution >= 4 is 16.0 Å². The van der Waals surface area contributed by atoms with Crippen LogP contribution in [0, 0.1) is 11.3 Å². The van der Waals surface area contributed by atoms with Gasteiger partial charge in [-0.25, -0.2) is 8.42 Å². The molecule has 0 unspecified atom stereocenters. The lowest BCUT2D eigenvalue weighted by Gasteiger charge is -2.14. The van der Waals surface area contributed by atoms with Crippen LogP contribution < -0.4 is 9.46 Å². The average Bonchev–Trinajstić information content (AvgIpc) is 2.82. The molecule has 3 rings (SSSR count). The Hall–Kier alpha value is -3.67. The SMILES string of the molecule is COc1ccc(S(=O)(=O)N[C@@H](C)C(=O)OCc2ccc(-c3ccccc3C#N)cc2)cc1. The minimum Gasteiger partial charge on any atom is -0.497 e. The van der Waals surface area contributed by atoms with Crippen LogP contribution in [-0.2, 0) is 26.2 Å². The second-order valence-electron chi connectivity index (χ2n) is 6.98. The van der Waals surface area contributed by atoms with Crippen LogP contribution in [0.2, 0.25) is 0 Å². The summed E-state index contributed by atoms with van der Waals surface area (Å²) in [5.41, 5.74) is 3.00. The number of carbonyl (C=O) groups is 1. The lowest BCUT2D eigenvalue weighted by Crippen LogP contribution is -2.39. The molecule has 7 nitrogen and oxygen atoms in total. The van der Waals surface area contributed by atoms with Gasteiger partial charge in [0.1, 0.15) is 18.4 Å². The molecule has 0 aromatic heterocycles. The zero-order valence-corrected chi connectivity index (χ0v) is 18.4. The topological polar surface area (TPSA) is 105 Å². The lowest BCUT2D eigenvalue weighted by atomic mass is 9.99. The predicted molar refractivity (Wildman–Crippen MR) is 119 cm³/mol. The zero-order chi connectivity index (χ0) is 23.1. The highest BCUT2D eigenvalue weighted by Gasteiger charge is 2.23. The standard InChI is InChI=1S/C24H22N2O5S/c1-17(26-32(28,29)22-13-11-21(30-2)12-14-22)24(27)31-16-18-7-9-19(10-8-18)23-6-4-3-5-20(23)15-25/h3-14,17,26H,16H2,1-2H3/t17-/m0/s1. The molecule has 0 aliphatic carbocycles. The van der Waals surface area contributed by atoms with Gasteiger partial charge in [0.05, 0.1) is 23.6 Å². The fraction of sp³-hybridized carbons (Fsp3) is 0.167. The maximum atomic E-state index is 12.5. The van der Waals surface area contributed by atoms with Crippen LogP contribution in [-0.4, -0.2) is 27.5 Å². The number of rotatable bonds is 8. The Labute approximate surface area is 187 Å². The molecule has 0 aliphatic rings. The number of hydrogen-bond donors (Lipinski definition) is 1. The number of nitrogens with one attached hydrogen (secondary N) is 1. The number of hydrogen-bond acceptors (Lipinski definition) is 6. The molecule has 0 aliphatic heterocycles. The maximum Gasteiger partial charge on any atom is 0.324 e. The van der Waals surface area contributed by atoms with Crippen LogP contribution in [0.4, 0.5) is 0 Å². The van der Waals surface area contributed by atoms with Crippen molar-refractivity contribution in [2.75, 3.05) is 7.11 Å². The third kappa shape index (κ3) is 5.52. The van der Waals surface area contributed by atoms with Crippen molar-refractivity contribution in [3.63, 3.8) is 0 Å². The molecule has 0 amide bonds. The summed E-state index contributed by atoms with van der Waals surface area (Å²) in [6.45, 7) is 1.42. The molecule has 0 fully saturated rings. The third-order valence-electron chi connectivity index (χ3n) is 4.75. The van der Waals surface area contributed by atoms with Gasteiger partial charge in [0.2, 0.25) is 10.0 Å². The summed E-state index contributed by atoms with van der Waals surface area (Å²) in [5, 5.41) is 9.25. The molecule has 0 spiro atoms. The number of sulfonamides is 1. The molecule has 3 aromatic carbocycles. The molecule has 32 heavy (non-hydrogen) atoms. The minimum atomic E-state index is -3.89. The number of carbonyl (C=O) groups excluding carboxylic acids is 1. The molecule has 0 heterocycles. The van der Waals surface area contributed by atoms with Crippen molar-refractivity contribution in [3.05, 3.63) is 83.9 Å². The largest absolute Gasteiger partial charge is 0.497 e. The number of methoxy groups -OCH3 is 1. The first kappa shape index (κ1) is 23.0. The van der Waals surface area contributed by atoms with Crippen LogP contribution in [0.3, 0.4) is 0 Å². The van der Waals surface area contributed by atoms with Gasteiger partial charge < -0.3 is 9.47 Å². The molecule has 1 N–H and O–H groups in total. The molecule has 8 heteroatoms. The van der Waals surface area contributed by atoms with Crippen molar-refractivity contribution in [3.8, 4) is 22.9 Å². The first-order chi connectivity index (χ1) is 15.3. The minimum absolute atomic E-state index is 0.00634. The predicted octanol–water partition coefficient (Wildman–Crippen LogP) is 3.64. The van der Waals surface area contributed by atoms with E-state index in [-0.39, 0.29) is 11.5 Å². The fourth-order valence-corrected chi connectivity index (χ4v) is 4.19. The number of nitriles is 1. The van der Waals surface area contributed by atoms with E-state index in [4.69, 9.17) is 9.47 Å². The highest BCUT2D eigenvalue weighted by atomic mass is 32.2. The first-order valence-electron chi connectivity index (χ1n) is 9.75. The average molecular weight is 451 g/mol. The Morgan fingerprint density at radius 2 is 1.69 bits per heavy atom. The van der Waals surface area contributed by atoms with E-state index in [2.05, 4.69) is 10.8 Å². The van der Waals surface area contributed by atoms with E-state index in [1.165, 1.54) is 38.3 Å². The summed E-state index contributed by atoms with van der Waals surface area (Å²) >= 11 is 0. The normalized spacial score (nSPS) is 11.9. The lowest BCUT2D eigenvalue weighted by molar-refractivity contribution is -0.146. The number of esters is 1. The van der Waals surface area contributed by atoms with Crippen molar-refractivity contribution < 1.29 is 22.7 Å². The molecule has 1 atom stereocenters. The summed E-state index contributed by atoms with van der Waals surface area (Å²) in [7, 11) is -2.40. The Bertz CT molecular complexity index is 1230. The van der Waals surface area contributed by atoms with E-state index in [0.29, 0.717) is 11.3 Å². The number of nitrogens with zero attached hydrogens (tertiary/aromatic N) is 1. The van der Waals surface area contributed by atoms with Crippen molar-refractivity contribution in [1.29, 1.82) is 5.26 Å². The van der Waals surface area contributed by atoms with Gasteiger partial charge >= 0.3 is 5.97 Å². The van der Waals surface area contributed by atoms with E-state index in [0.717, 1.165) is 16.7 Å². The van der Waals surface area contributed by atoms with Gasteiger partial charge in [0.25, 0.3) is 0 Å². The van der Waals surface area contributed by atoms with E-state index < -0.39 is 22.0 Å². The second-order valence-corrected chi connectivity index (χ2v) is 8.69. The molecule has 0 saturated heterocycles.